The summed E-state index contributed by atoms with van der Waals surface area (Å²) in [4.78, 5) is 7.11. The molecule has 112 valence electrons. The molecule has 21 heavy (non-hydrogen) atoms. The van der Waals surface area contributed by atoms with Crippen LogP contribution in [0.3, 0.4) is 0 Å². The third-order valence-corrected chi connectivity index (χ3v) is 5.31. The first-order valence-electron chi connectivity index (χ1n) is 7.60. The Morgan fingerprint density at radius 1 is 1.38 bits per heavy atom. The first kappa shape index (κ1) is 14.8. The van der Waals surface area contributed by atoms with Crippen molar-refractivity contribution >= 4 is 22.7 Å². The van der Waals surface area contributed by atoms with Gasteiger partial charge in [-0.2, -0.15) is 11.8 Å². The fourth-order valence-corrected chi connectivity index (χ4v) is 4.12. The lowest BCUT2D eigenvalue weighted by atomic mass is 10.0. The summed E-state index contributed by atoms with van der Waals surface area (Å²) in [5.41, 5.74) is 9.53. The molecule has 2 N–H and O–H groups in total. The molecule has 1 saturated heterocycles. The summed E-state index contributed by atoms with van der Waals surface area (Å²) in [5.74, 6) is 1.20. The van der Waals surface area contributed by atoms with Gasteiger partial charge in [-0.15, -0.1) is 0 Å². The SMILES string of the molecule is Cc1ccc2cc(C(CN)N3CCSC(C)C3)ccc2n1. The maximum Gasteiger partial charge on any atom is 0.0705 e. The highest BCUT2D eigenvalue weighted by Gasteiger charge is 2.24. The average molecular weight is 301 g/mol. The molecule has 0 saturated carbocycles. The average Bonchev–Trinajstić information content (AvgIpc) is 2.48. The molecule has 1 aromatic heterocycles. The van der Waals surface area contributed by atoms with Crippen LogP contribution in [0.4, 0.5) is 0 Å². The van der Waals surface area contributed by atoms with Crippen LogP contribution in [0, 0.1) is 6.92 Å². The molecular formula is C17H23N3S. The third-order valence-electron chi connectivity index (χ3n) is 4.17. The van der Waals surface area contributed by atoms with Crippen molar-refractivity contribution in [3.8, 4) is 0 Å². The van der Waals surface area contributed by atoms with Crippen LogP contribution in [0.15, 0.2) is 30.3 Å². The highest BCUT2D eigenvalue weighted by molar-refractivity contribution is 7.99. The van der Waals surface area contributed by atoms with Gasteiger partial charge in [-0.3, -0.25) is 9.88 Å². The van der Waals surface area contributed by atoms with E-state index in [-0.39, 0.29) is 0 Å². The Morgan fingerprint density at radius 3 is 3.00 bits per heavy atom. The third kappa shape index (κ3) is 3.23. The number of benzene rings is 1. The van der Waals surface area contributed by atoms with Crippen molar-refractivity contribution in [2.75, 3.05) is 25.4 Å². The van der Waals surface area contributed by atoms with Gasteiger partial charge in [0.2, 0.25) is 0 Å². The summed E-state index contributed by atoms with van der Waals surface area (Å²) in [6, 6.07) is 11.1. The van der Waals surface area contributed by atoms with Gasteiger partial charge in [0, 0.05) is 47.8 Å². The molecule has 3 rings (SSSR count). The second-order valence-corrected chi connectivity index (χ2v) is 7.38. The lowest BCUT2D eigenvalue weighted by Crippen LogP contribution is -2.42. The Bertz CT molecular complexity index is 628. The number of hydrogen-bond donors (Lipinski definition) is 1. The van der Waals surface area contributed by atoms with E-state index in [1.165, 1.54) is 16.7 Å². The Labute approximate surface area is 130 Å². The van der Waals surface area contributed by atoms with Gasteiger partial charge in [0.1, 0.15) is 0 Å². The molecule has 0 radical (unpaired) electrons. The largest absolute Gasteiger partial charge is 0.329 e. The summed E-state index contributed by atoms with van der Waals surface area (Å²) in [6.45, 7) is 7.25. The van der Waals surface area contributed by atoms with Crippen molar-refractivity contribution in [1.82, 2.24) is 9.88 Å². The molecule has 0 spiro atoms. The van der Waals surface area contributed by atoms with Gasteiger partial charge in [0.05, 0.1) is 5.52 Å². The molecule has 1 aromatic carbocycles. The van der Waals surface area contributed by atoms with Crippen molar-refractivity contribution in [3.05, 3.63) is 41.6 Å². The molecule has 4 heteroatoms. The van der Waals surface area contributed by atoms with E-state index < -0.39 is 0 Å². The zero-order valence-electron chi connectivity index (χ0n) is 12.7. The number of rotatable bonds is 3. The normalized spacial score (nSPS) is 21.6. The highest BCUT2D eigenvalue weighted by Crippen LogP contribution is 2.28. The predicted octanol–water partition coefficient (Wildman–Crippen LogP) is 2.98. The van der Waals surface area contributed by atoms with Crippen LogP contribution in [0.5, 0.6) is 0 Å². The van der Waals surface area contributed by atoms with Crippen molar-refractivity contribution in [1.29, 1.82) is 0 Å². The van der Waals surface area contributed by atoms with Crippen LogP contribution < -0.4 is 5.73 Å². The fraction of sp³-hybridized carbons (Fsp3) is 0.471. The molecule has 2 aromatic rings. The van der Waals surface area contributed by atoms with Crippen molar-refractivity contribution in [2.45, 2.75) is 25.1 Å². The number of aromatic nitrogens is 1. The van der Waals surface area contributed by atoms with Gasteiger partial charge in [-0.1, -0.05) is 19.1 Å². The van der Waals surface area contributed by atoms with E-state index in [1.54, 1.807) is 0 Å². The quantitative estimate of drug-likeness (QED) is 0.946. The maximum atomic E-state index is 6.09. The van der Waals surface area contributed by atoms with Gasteiger partial charge in [-0.25, -0.2) is 0 Å². The van der Waals surface area contributed by atoms with E-state index in [0.717, 1.165) is 24.3 Å². The van der Waals surface area contributed by atoms with E-state index in [2.05, 4.69) is 58.9 Å². The highest BCUT2D eigenvalue weighted by atomic mass is 32.2. The van der Waals surface area contributed by atoms with E-state index >= 15 is 0 Å². The first-order valence-corrected chi connectivity index (χ1v) is 8.65. The van der Waals surface area contributed by atoms with Crippen LogP contribution in [-0.2, 0) is 0 Å². The number of thioether (sulfide) groups is 1. The molecule has 2 unspecified atom stereocenters. The van der Waals surface area contributed by atoms with Gasteiger partial charge < -0.3 is 5.73 Å². The van der Waals surface area contributed by atoms with E-state index in [9.17, 15) is 0 Å². The molecule has 2 atom stereocenters. The number of fused-ring (bicyclic) bond motifs is 1. The minimum atomic E-state index is 0.319. The van der Waals surface area contributed by atoms with Gasteiger partial charge >= 0.3 is 0 Å². The molecule has 0 amide bonds. The zero-order chi connectivity index (χ0) is 14.8. The molecule has 0 aliphatic carbocycles. The topological polar surface area (TPSA) is 42.1 Å². The second-order valence-electron chi connectivity index (χ2n) is 5.83. The van der Waals surface area contributed by atoms with Gasteiger partial charge in [0.25, 0.3) is 0 Å². The number of nitrogens with two attached hydrogens (primary N) is 1. The molecular weight excluding hydrogens is 278 g/mol. The number of aryl methyl sites for hydroxylation is 1. The summed E-state index contributed by atoms with van der Waals surface area (Å²) in [7, 11) is 0. The van der Waals surface area contributed by atoms with Crippen LogP contribution in [0.2, 0.25) is 0 Å². The van der Waals surface area contributed by atoms with Gasteiger partial charge in [0.15, 0.2) is 0 Å². The van der Waals surface area contributed by atoms with Crippen LogP contribution in [0.25, 0.3) is 10.9 Å². The monoisotopic (exact) mass is 301 g/mol. The van der Waals surface area contributed by atoms with Crippen LogP contribution in [-0.4, -0.2) is 40.5 Å². The lowest BCUT2D eigenvalue weighted by Gasteiger charge is -2.36. The summed E-state index contributed by atoms with van der Waals surface area (Å²) in [6.07, 6.45) is 0. The minimum Gasteiger partial charge on any atom is -0.329 e. The Kier molecular flexibility index (Phi) is 4.48. The molecule has 3 nitrogen and oxygen atoms in total. The van der Waals surface area contributed by atoms with Crippen LogP contribution in [0.1, 0.15) is 24.2 Å². The molecule has 1 aliphatic rings. The first-order chi connectivity index (χ1) is 10.2. The molecule has 1 aliphatic heterocycles. The summed E-state index contributed by atoms with van der Waals surface area (Å²) in [5, 5.41) is 1.90. The standard InChI is InChI=1S/C17H23N3S/c1-12-3-4-14-9-15(5-6-16(14)19-12)17(10-18)20-7-8-21-13(2)11-20/h3-6,9,13,17H,7-8,10-11,18H2,1-2H3. The fourth-order valence-electron chi connectivity index (χ4n) is 3.08. The van der Waals surface area contributed by atoms with Crippen molar-refractivity contribution in [2.24, 2.45) is 5.73 Å². The maximum absolute atomic E-state index is 6.09. The lowest BCUT2D eigenvalue weighted by molar-refractivity contribution is 0.211. The second kappa shape index (κ2) is 6.34. The Balaban J connectivity index is 1.91. The Morgan fingerprint density at radius 2 is 2.24 bits per heavy atom. The van der Waals surface area contributed by atoms with Gasteiger partial charge in [-0.05, 0) is 30.7 Å². The summed E-state index contributed by atoms with van der Waals surface area (Å²) < 4.78 is 0. The number of pyridine rings is 1. The van der Waals surface area contributed by atoms with E-state index in [0.29, 0.717) is 17.8 Å². The predicted molar refractivity (Wildman–Crippen MR) is 91.8 cm³/mol. The molecule has 1 fully saturated rings. The molecule has 0 bridgehead atoms. The van der Waals surface area contributed by atoms with E-state index in [4.69, 9.17) is 5.73 Å². The smallest absolute Gasteiger partial charge is 0.0705 e. The minimum absolute atomic E-state index is 0.319. The zero-order valence-corrected chi connectivity index (χ0v) is 13.6. The van der Waals surface area contributed by atoms with Crippen LogP contribution >= 0.6 is 11.8 Å². The summed E-state index contributed by atoms with van der Waals surface area (Å²) >= 11 is 2.06. The van der Waals surface area contributed by atoms with Crippen molar-refractivity contribution in [3.63, 3.8) is 0 Å². The van der Waals surface area contributed by atoms with Crippen molar-refractivity contribution < 1.29 is 0 Å². The Hall–Kier alpha value is -1.10. The molecule has 2 heterocycles. The van der Waals surface area contributed by atoms with E-state index in [1.807, 2.05) is 6.92 Å². The number of hydrogen-bond acceptors (Lipinski definition) is 4. The number of nitrogens with zero attached hydrogens (tertiary/aromatic N) is 2.